The van der Waals surface area contributed by atoms with Crippen LogP contribution in [0, 0.1) is 0 Å². The maximum Gasteiger partial charge on any atom is 0.379 e. The second kappa shape index (κ2) is 5.69. The molecule has 8 heteroatoms. The second-order valence-electron chi connectivity index (χ2n) is 3.31. The van der Waals surface area contributed by atoms with Gasteiger partial charge in [-0.1, -0.05) is 0 Å². The summed E-state index contributed by atoms with van der Waals surface area (Å²) < 4.78 is 9.72. The molecule has 2 aromatic heterocycles. The van der Waals surface area contributed by atoms with E-state index in [-0.39, 0.29) is 18.3 Å². The van der Waals surface area contributed by atoms with Gasteiger partial charge in [0.2, 0.25) is 0 Å². The van der Waals surface area contributed by atoms with Crippen molar-refractivity contribution < 1.29 is 14.1 Å². The maximum absolute atomic E-state index is 11.4. The largest absolute Gasteiger partial charge is 0.460 e. The van der Waals surface area contributed by atoms with Crippen LogP contribution in [0.15, 0.2) is 9.90 Å². The Kier molecular flexibility index (Phi) is 4.00. The van der Waals surface area contributed by atoms with E-state index < -0.39 is 5.97 Å². The van der Waals surface area contributed by atoms with Crippen LogP contribution in [0.5, 0.6) is 0 Å². The number of hydrogen-bond donors (Lipinski definition) is 1. The van der Waals surface area contributed by atoms with Gasteiger partial charge in [0.05, 0.1) is 11.6 Å². The van der Waals surface area contributed by atoms with Crippen molar-refractivity contribution in [3.63, 3.8) is 0 Å². The summed E-state index contributed by atoms with van der Waals surface area (Å²) in [4.78, 5) is 19.6. The fourth-order valence-electron chi connectivity index (χ4n) is 1.25. The number of aromatic nitrogens is 3. The smallest absolute Gasteiger partial charge is 0.379 e. The van der Waals surface area contributed by atoms with Crippen molar-refractivity contribution in [3.05, 3.63) is 16.2 Å². The average Bonchev–Trinajstić information content (AvgIpc) is 2.97. The van der Waals surface area contributed by atoms with Crippen LogP contribution in [-0.2, 0) is 11.2 Å². The zero-order valence-corrected chi connectivity index (χ0v) is 10.6. The van der Waals surface area contributed by atoms with E-state index in [4.69, 9.17) is 15.0 Å². The van der Waals surface area contributed by atoms with Gasteiger partial charge in [0.1, 0.15) is 5.69 Å². The fourth-order valence-corrected chi connectivity index (χ4v) is 2.04. The van der Waals surface area contributed by atoms with E-state index in [1.54, 1.807) is 12.3 Å². The molecule has 0 spiro atoms. The van der Waals surface area contributed by atoms with Gasteiger partial charge in [-0.25, -0.2) is 9.78 Å². The quantitative estimate of drug-likeness (QED) is 0.802. The monoisotopic (exact) mass is 268 g/mol. The molecule has 7 nitrogen and oxygen atoms in total. The highest BCUT2D eigenvalue weighted by molar-refractivity contribution is 7.09. The van der Waals surface area contributed by atoms with Crippen molar-refractivity contribution in [2.24, 2.45) is 5.73 Å². The Bertz CT molecular complexity index is 537. The number of nitrogens with zero attached hydrogens (tertiary/aromatic N) is 3. The number of carbonyl (C=O) groups excluding carboxylic acids is 1. The topological polar surface area (TPSA) is 104 Å². The first-order valence-corrected chi connectivity index (χ1v) is 6.28. The Morgan fingerprint density at radius 3 is 3.11 bits per heavy atom. The normalized spacial score (nSPS) is 10.6. The first kappa shape index (κ1) is 12.7. The summed E-state index contributed by atoms with van der Waals surface area (Å²) in [5, 5.41) is 6.22. The number of esters is 1. The highest BCUT2D eigenvalue weighted by atomic mass is 32.1. The molecular weight excluding hydrogens is 256 g/mol. The molecule has 0 aromatic carbocycles. The lowest BCUT2D eigenvalue weighted by atomic mass is 10.4. The summed E-state index contributed by atoms with van der Waals surface area (Å²) in [6, 6.07) is 0. The van der Waals surface area contributed by atoms with E-state index in [2.05, 4.69) is 15.1 Å². The molecule has 2 heterocycles. The standard InChI is InChI=1S/C10H12N4O3S/c1-2-16-10(15)8-13-9(17-14-8)6-5-18-7(12-6)3-4-11/h5H,2-4,11H2,1H3. The van der Waals surface area contributed by atoms with Gasteiger partial charge in [0, 0.05) is 11.8 Å². The zero-order chi connectivity index (χ0) is 13.0. The lowest BCUT2D eigenvalue weighted by Crippen LogP contribution is -2.06. The van der Waals surface area contributed by atoms with Crippen LogP contribution in [-0.4, -0.2) is 34.2 Å². The Balaban J connectivity index is 2.15. The maximum atomic E-state index is 11.4. The van der Waals surface area contributed by atoms with Gasteiger partial charge in [0.15, 0.2) is 0 Å². The highest BCUT2D eigenvalue weighted by Crippen LogP contribution is 2.20. The molecule has 0 saturated carbocycles. The van der Waals surface area contributed by atoms with Crippen molar-refractivity contribution in [2.75, 3.05) is 13.2 Å². The molecule has 0 aliphatic rings. The van der Waals surface area contributed by atoms with Gasteiger partial charge in [0.25, 0.3) is 11.7 Å². The summed E-state index contributed by atoms with van der Waals surface area (Å²) in [6.07, 6.45) is 0.698. The molecule has 0 amide bonds. The second-order valence-corrected chi connectivity index (χ2v) is 4.25. The first-order valence-electron chi connectivity index (χ1n) is 5.40. The van der Waals surface area contributed by atoms with Gasteiger partial charge in [-0.05, 0) is 18.6 Å². The molecule has 0 unspecified atom stereocenters. The SMILES string of the molecule is CCOC(=O)c1noc(-c2csc(CCN)n2)n1. The van der Waals surface area contributed by atoms with Crippen LogP contribution in [0.4, 0.5) is 0 Å². The van der Waals surface area contributed by atoms with Crippen LogP contribution in [0.25, 0.3) is 11.6 Å². The summed E-state index contributed by atoms with van der Waals surface area (Å²) in [5.41, 5.74) is 5.99. The van der Waals surface area contributed by atoms with E-state index in [0.29, 0.717) is 18.7 Å². The third-order valence-electron chi connectivity index (χ3n) is 2.01. The summed E-state index contributed by atoms with van der Waals surface area (Å²) in [6.45, 7) is 2.50. The Labute approximate surface area is 107 Å². The molecule has 0 saturated heterocycles. The lowest BCUT2D eigenvalue weighted by Gasteiger charge is -1.93. The molecule has 2 N–H and O–H groups in total. The lowest BCUT2D eigenvalue weighted by molar-refractivity contribution is 0.0508. The molecule has 2 rings (SSSR count). The van der Waals surface area contributed by atoms with Gasteiger partial charge >= 0.3 is 5.97 Å². The predicted octanol–water partition coefficient (Wildman–Crippen LogP) is 0.871. The third kappa shape index (κ3) is 2.71. The van der Waals surface area contributed by atoms with Crippen LogP contribution >= 0.6 is 11.3 Å². The zero-order valence-electron chi connectivity index (χ0n) is 9.75. The molecule has 18 heavy (non-hydrogen) atoms. The number of rotatable bonds is 5. The molecule has 2 aromatic rings. The van der Waals surface area contributed by atoms with Crippen molar-refractivity contribution in [1.82, 2.24) is 15.1 Å². The van der Waals surface area contributed by atoms with E-state index in [1.165, 1.54) is 11.3 Å². The number of hydrogen-bond acceptors (Lipinski definition) is 8. The fraction of sp³-hybridized carbons (Fsp3) is 0.400. The van der Waals surface area contributed by atoms with Crippen molar-refractivity contribution >= 4 is 17.3 Å². The van der Waals surface area contributed by atoms with Crippen LogP contribution in [0.1, 0.15) is 22.6 Å². The van der Waals surface area contributed by atoms with E-state index in [9.17, 15) is 4.79 Å². The average molecular weight is 268 g/mol. The van der Waals surface area contributed by atoms with Crippen molar-refractivity contribution in [2.45, 2.75) is 13.3 Å². The Morgan fingerprint density at radius 2 is 2.39 bits per heavy atom. The summed E-state index contributed by atoms with van der Waals surface area (Å²) in [7, 11) is 0. The van der Waals surface area contributed by atoms with E-state index >= 15 is 0 Å². The molecule has 0 radical (unpaired) electrons. The van der Waals surface area contributed by atoms with Crippen LogP contribution in [0.3, 0.4) is 0 Å². The number of carbonyl (C=O) groups is 1. The summed E-state index contributed by atoms with van der Waals surface area (Å²) >= 11 is 1.46. The molecule has 0 fully saturated rings. The molecular formula is C10H12N4O3S. The number of ether oxygens (including phenoxy) is 1. The number of thiazole rings is 1. The van der Waals surface area contributed by atoms with Crippen molar-refractivity contribution in [3.8, 4) is 11.6 Å². The van der Waals surface area contributed by atoms with Crippen molar-refractivity contribution in [1.29, 1.82) is 0 Å². The van der Waals surface area contributed by atoms with Gasteiger partial charge in [-0.2, -0.15) is 4.98 Å². The van der Waals surface area contributed by atoms with Crippen LogP contribution < -0.4 is 5.73 Å². The minimum Gasteiger partial charge on any atom is -0.460 e. The summed E-state index contributed by atoms with van der Waals surface area (Å²) in [5.74, 6) is -0.497. The van der Waals surface area contributed by atoms with E-state index in [1.807, 2.05) is 0 Å². The molecule has 0 aliphatic heterocycles. The molecule has 0 atom stereocenters. The molecule has 0 bridgehead atoms. The van der Waals surface area contributed by atoms with Gasteiger partial charge < -0.3 is 15.0 Å². The molecule has 0 aliphatic carbocycles. The first-order chi connectivity index (χ1) is 8.74. The molecule has 96 valence electrons. The third-order valence-corrected chi connectivity index (χ3v) is 2.92. The Morgan fingerprint density at radius 1 is 1.56 bits per heavy atom. The minimum atomic E-state index is -0.607. The number of nitrogens with two attached hydrogens (primary N) is 1. The Hall–Kier alpha value is -1.80. The van der Waals surface area contributed by atoms with Gasteiger partial charge in [-0.3, -0.25) is 0 Å². The van der Waals surface area contributed by atoms with Gasteiger partial charge in [-0.15, -0.1) is 11.3 Å². The van der Waals surface area contributed by atoms with E-state index in [0.717, 1.165) is 5.01 Å². The minimum absolute atomic E-state index is 0.0970. The predicted molar refractivity (Wildman–Crippen MR) is 64.1 cm³/mol. The highest BCUT2D eigenvalue weighted by Gasteiger charge is 2.18. The van der Waals surface area contributed by atoms with Crippen LogP contribution in [0.2, 0.25) is 0 Å².